The predicted molar refractivity (Wildman–Crippen MR) is 109 cm³/mol. The lowest BCUT2D eigenvalue weighted by Gasteiger charge is -2.34. The van der Waals surface area contributed by atoms with Crippen LogP contribution < -0.4 is 4.18 Å². The number of hydrogen-bond donors (Lipinski definition) is 0. The predicted octanol–water partition coefficient (Wildman–Crippen LogP) is 4.57. The summed E-state index contributed by atoms with van der Waals surface area (Å²) in [6.07, 6.45) is 4.58. The molecule has 1 amide bonds. The van der Waals surface area contributed by atoms with Crippen LogP contribution in [-0.2, 0) is 26.1 Å². The Morgan fingerprint density at radius 1 is 1.10 bits per heavy atom. The van der Waals surface area contributed by atoms with E-state index in [4.69, 9.17) is 27.9 Å². The van der Waals surface area contributed by atoms with Gasteiger partial charge in [0, 0.05) is 47.8 Å². The summed E-state index contributed by atoms with van der Waals surface area (Å²) in [6, 6.07) is 2.07. The molecule has 0 spiro atoms. The Kier molecular flexibility index (Phi) is 7.35. The van der Waals surface area contributed by atoms with Crippen molar-refractivity contribution in [3.05, 3.63) is 27.7 Å². The second-order valence-corrected chi connectivity index (χ2v) is 10.1. The van der Waals surface area contributed by atoms with Crippen molar-refractivity contribution in [3.63, 3.8) is 0 Å². The molecule has 0 bridgehead atoms. The smallest absolute Gasteiger partial charge is 0.381 e. The monoisotopic (exact) mass is 503 g/mol. The molecule has 0 N–H and O–H groups in total. The van der Waals surface area contributed by atoms with Gasteiger partial charge in [-0.1, -0.05) is 23.2 Å². The molecule has 1 heterocycles. The van der Waals surface area contributed by atoms with Gasteiger partial charge in [0.05, 0.1) is 6.10 Å². The average Bonchev–Trinajstić information content (AvgIpc) is 3.04. The molecular weight excluding hydrogens is 482 g/mol. The number of hydrogen-bond acceptors (Lipinski definition) is 5. The lowest BCUT2D eigenvalue weighted by Crippen LogP contribution is -2.41. The Bertz CT molecular complexity index is 910. The van der Waals surface area contributed by atoms with E-state index >= 15 is 0 Å². The Hall–Kier alpha value is -1.23. The number of rotatable bonds is 6. The van der Waals surface area contributed by atoms with E-state index in [1.807, 2.05) is 4.90 Å². The van der Waals surface area contributed by atoms with Crippen molar-refractivity contribution >= 4 is 39.2 Å². The number of benzene rings is 1. The molecule has 1 atom stereocenters. The average molecular weight is 504 g/mol. The third-order valence-corrected chi connectivity index (χ3v) is 7.48. The van der Waals surface area contributed by atoms with E-state index < -0.39 is 21.4 Å². The molecule has 0 radical (unpaired) electrons. The highest BCUT2D eigenvalue weighted by molar-refractivity contribution is 7.88. The SMILES string of the molecule is COC1CCC(N2CC[C@@H](Cc3c(Cl)cc(OS(=O)(=O)C(F)(F)F)cc3Cl)C2=O)CC1. The van der Waals surface area contributed by atoms with Crippen molar-refractivity contribution in [2.24, 2.45) is 5.92 Å². The van der Waals surface area contributed by atoms with Gasteiger partial charge in [-0.05, 0) is 44.1 Å². The van der Waals surface area contributed by atoms with Gasteiger partial charge < -0.3 is 13.8 Å². The molecule has 1 aliphatic heterocycles. The number of amides is 1. The molecule has 0 aromatic heterocycles. The van der Waals surface area contributed by atoms with Gasteiger partial charge in [0.2, 0.25) is 5.91 Å². The molecule has 1 aromatic carbocycles. The molecule has 174 valence electrons. The van der Waals surface area contributed by atoms with Gasteiger partial charge in [-0.3, -0.25) is 4.79 Å². The molecule has 6 nitrogen and oxygen atoms in total. The summed E-state index contributed by atoms with van der Waals surface area (Å²) in [5, 5.41) is -0.126. The van der Waals surface area contributed by atoms with Crippen LogP contribution in [-0.4, -0.2) is 50.5 Å². The minimum Gasteiger partial charge on any atom is -0.381 e. The number of likely N-dealkylation sites (tertiary alicyclic amines) is 1. The van der Waals surface area contributed by atoms with E-state index in [9.17, 15) is 26.4 Å². The van der Waals surface area contributed by atoms with Crippen LogP contribution in [0.5, 0.6) is 5.75 Å². The molecule has 3 rings (SSSR count). The summed E-state index contributed by atoms with van der Waals surface area (Å²) in [5.41, 5.74) is -5.21. The number of alkyl halides is 3. The fourth-order valence-corrected chi connectivity index (χ4v) is 5.22. The van der Waals surface area contributed by atoms with Crippen LogP contribution in [0.1, 0.15) is 37.7 Å². The van der Waals surface area contributed by atoms with Crippen molar-refractivity contribution in [2.45, 2.75) is 56.2 Å². The zero-order chi connectivity index (χ0) is 23.0. The van der Waals surface area contributed by atoms with E-state index in [2.05, 4.69) is 4.18 Å². The van der Waals surface area contributed by atoms with Crippen molar-refractivity contribution in [1.29, 1.82) is 0 Å². The first-order chi connectivity index (χ1) is 14.4. The quantitative estimate of drug-likeness (QED) is 0.419. The molecule has 12 heteroatoms. The molecule has 2 aliphatic rings. The van der Waals surface area contributed by atoms with Gasteiger partial charge >= 0.3 is 15.6 Å². The Morgan fingerprint density at radius 2 is 1.68 bits per heavy atom. The van der Waals surface area contributed by atoms with Gasteiger partial charge in [0.25, 0.3) is 0 Å². The van der Waals surface area contributed by atoms with E-state index in [1.54, 1.807) is 7.11 Å². The number of ether oxygens (including phenoxy) is 1. The Morgan fingerprint density at radius 3 is 2.19 bits per heavy atom. The zero-order valence-corrected chi connectivity index (χ0v) is 19.0. The van der Waals surface area contributed by atoms with Crippen molar-refractivity contribution in [3.8, 4) is 5.75 Å². The number of carbonyl (C=O) groups is 1. The lowest BCUT2D eigenvalue weighted by molar-refractivity contribution is -0.134. The highest BCUT2D eigenvalue weighted by atomic mass is 35.5. The highest BCUT2D eigenvalue weighted by Gasteiger charge is 2.48. The summed E-state index contributed by atoms with van der Waals surface area (Å²) in [7, 11) is -4.16. The van der Waals surface area contributed by atoms with Crippen LogP contribution >= 0.6 is 23.2 Å². The summed E-state index contributed by atoms with van der Waals surface area (Å²) in [6.45, 7) is 0.617. The number of carbonyl (C=O) groups excluding carboxylic acids is 1. The van der Waals surface area contributed by atoms with Crippen molar-refractivity contribution < 1.29 is 35.3 Å². The molecule has 31 heavy (non-hydrogen) atoms. The van der Waals surface area contributed by atoms with Gasteiger partial charge in [-0.15, -0.1) is 0 Å². The minimum absolute atomic E-state index is 0.00650. The van der Waals surface area contributed by atoms with Gasteiger partial charge in [0.15, 0.2) is 0 Å². The maximum Gasteiger partial charge on any atom is 0.534 e. The molecule has 1 aliphatic carbocycles. The zero-order valence-electron chi connectivity index (χ0n) is 16.6. The van der Waals surface area contributed by atoms with Gasteiger partial charge in [-0.2, -0.15) is 21.6 Å². The standard InChI is InChI=1S/C19H22Cl2F3NO5S/c1-29-13-4-2-12(3-5-13)25-7-6-11(18(25)26)8-15-16(20)9-14(10-17(15)21)30-31(27,28)19(22,23)24/h9-13H,2-8H2,1H3/t11-,12?,13?/m0/s1. The molecule has 1 saturated carbocycles. The van der Waals surface area contributed by atoms with E-state index in [1.165, 1.54) is 0 Å². The highest BCUT2D eigenvalue weighted by Crippen LogP contribution is 2.37. The maximum atomic E-state index is 12.9. The van der Waals surface area contributed by atoms with E-state index in [0.29, 0.717) is 18.5 Å². The first-order valence-electron chi connectivity index (χ1n) is 9.75. The van der Waals surface area contributed by atoms with Crippen molar-refractivity contribution in [1.82, 2.24) is 4.90 Å². The molecule has 1 aromatic rings. The first kappa shape index (κ1) is 24.4. The van der Waals surface area contributed by atoms with Gasteiger partial charge in [-0.25, -0.2) is 0 Å². The van der Waals surface area contributed by atoms with Gasteiger partial charge in [0.1, 0.15) is 5.75 Å². The maximum absolute atomic E-state index is 12.9. The van der Waals surface area contributed by atoms with E-state index in [-0.39, 0.29) is 40.4 Å². The summed E-state index contributed by atoms with van der Waals surface area (Å²) in [5.74, 6) is -1.01. The second-order valence-electron chi connectivity index (χ2n) is 7.74. The minimum atomic E-state index is -5.84. The van der Waals surface area contributed by atoms with Crippen LogP contribution in [0.2, 0.25) is 10.0 Å². The topological polar surface area (TPSA) is 72.9 Å². The fourth-order valence-electron chi connectivity index (χ4n) is 4.15. The molecule has 0 unspecified atom stereocenters. The largest absolute Gasteiger partial charge is 0.534 e. The normalized spacial score (nSPS) is 25.2. The number of halogens is 5. The lowest BCUT2D eigenvalue weighted by atomic mass is 9.91. The third-order valence-electron chi connectivity index (χ3n) is 5.82. The van der Waals surface area contributed by atoms with Crippen LogP contribution in [0.15, 0.2) is 12.1 Å². The van der Waals surface area contributed by atoms with Crippen LogP contribution in [0.25, 0.3) is 0 Å². The molecule has 2 fully saturated rings. The van der Waals surface area contributed by atoms with E-state index in [0.717, 1.165) is 37.8 Å². The summed E-state index contributed by atoms with van der Waals surface area (Å²) < 4.78 is 69.4. The Balaban J connectivity index is 1.68. The molecule has 1 saturated heterocycles. The number of nitrogens with zero attached hydrogens (tertiary/aromatic N) is 1. The molecular formula is C19H22Cl2F3NO5S. The third kappa shape index (κ3) is 5.40. The van der Waals surface area contributed by atoms with Crippen LogP contribution in [0.3, 0.4) is 0 Å². The number of methoxy groups -OCH3 is 1. The van der Waals surface area contributed by atoms with Crippen molar-refractivity contribution in [2.75, 3.05) is 13.7 Å². The summed E-state index contributed by atoms with van der Waals surface area (Å²) in [4.78, 5) is 14.8. The van der Waals surface area contributed by atoms with Crippen LogP contribution in [0, 0.1) is 5.92 Å². The second kappa shape index (κ2) is 9.33. The van der Waals surface area contributed by atoms with Crippen LogP contribution in [0.4, 0.5) is 13.2 Å². The Labute approximate surface area is 188 Å². The summed E-state index contributed by atoms with van der Waals surface area (Å²) >= 11 is 12.3. The first-order valence-corrected chi connectivity index (χ1v) is 11.9. The fraction of sp³-hybridized carbons (Fsp3) is 0.632.